The van der Waals surface area contributed by atoms with E-state index in [-0.39, 0.29) is 5.91 Å². The van der Waals surface area contributed by atoms with Crippen molar-refractivity contribution in [2.75, 3.05) is 6.54 Å². The van der Waals surface area contributed by atoms with E-state index in [1.54, 1.807) is 0 Å². The zero-order chi connectivity index (χ0) is 15.5. The van der Waals surface area contributed by atoms with Crippen LogP contribution in [-0.4, -0.2) is 23.8 Å². The van der Waals surface area contributed by atoms with Crippen molar-refractivity contribution in [2.45, 2.75) is 53.4 Å². The van der Waals surface area contributed by atoms with Gasteiger partial charge >= 0.3 is 0 Å². The summed E-state index contributed by atoms with van der Waals surface area (Å²) in [7, 11) is 0. The molecule has 2 amide bonds. The Bertz CT molecular complexity index is 405. The van der Waals surface area contributed by atoms with Gasteiger partial charge in [-0.3, -0.25) is 14.5 Å². The van der Waals surface area contributed by atoms with Gasteiger partial charge in [0.15, 0.2) is 0 Å². The number of imide groups is 1. The van der Waals surface area contributed by atoms with Crippen molar-refractivity contribution < 1.29 is 9.59 Å². The van der Waals surface area contributed by atoms with Gasteiger partial charge in [-0.15, -0.1) is 0 Å². The van der Waals surface area contributed by atoms with Gasteiger partial charge in [0.05, 0.1) is 0 Å². The highest BCUT2D eigenvalue weighted by molar-refractivity contribution is 5.86. The predicted molar refractivity (Wildman–Crippen MR) is 84.2 cm³/mol. The highest BCUT2D eigenvalue weighted by Crippen LogP contribution is 2.08. The van der Waals surface area contributed by atoms with Crippen LogP contribution in [0.15, 0.2) is 35.5 Å². The second-order valence-electron chi connectivity index (χ2n) is 5.23. The Labute approximate surface area is 123 Å². The predicted octanol–water partition coefficient (Wildman–Crippen LogP) is 4.02. The van der Waals surface area contributed by atoms with E-state index in [2.05, 4.69) is 13.5 Å². The third-order valence-corrected chi connectivity index (χ3v) is 3.15. The Morgan fingerprint density at radius 3 is 2.30 bits per heavy atom. The minimum atomic E-state index is -0.0956. The quantitative estimate of drug-likeness (QED) is 0.362. The molecule has 0 aliphatic carbocycles. The van der Waals surface area contributed by atoms with Gasteiger partial charge in [-0.05, 0) is 32.8 Å². The minimum Gasteiger partial charge on any atom is -0.281 e. The summed E-state index contributed by atoms with van der Waals surface area (Å²) in [5.74, 6) is -0.0956. The molecule has 0 radical (unpaired) electrons. The van der Waals surface area contributed by atoms with Crippen LogP contribution in [0, 0.1) is 0 Å². The standard InChI is InChI=1S/C17H27NO2/c1-6-7-8-9-17(20)18(13-19)12-15(4)10-11-16(5)14(2)3/h10-11,13H,2,6-9,12H2,1,3-5H3/b15-10+,16-11-. The Hall–Kier alpha value is -1.64. The van der Waals surface area contributed by atoms with Crippen molar-refractivity contribution in [2.24, 2.45) is 0 Å². The summed E-state index contributed by atoms with van der Waals surface area (Å²) in [5.41, 5.74) is 3.08. The van der Waals surface area contributed by atoms with Crippen LogP contribution < -0.4 is 0 Å². The first kappa shape index (κ1) is 18.4. The van der Waals surface area contributed by atoms with Crippen LogP contribution in [0.2, 0.25) is 0 Å². The molecule has 0 N–H and O–H groups in total. The number of allylic oxidation sites excluding steroid dienone is 4. The SMILES string of the molecule is C=C(C)/C(C)=C\C=C(/C)CN(C=O)C(=O)CCCCC. The van der Waals surface area contributed by atoms with Crippen LogP contribution >= 0.6 is 0 Å². The Morgan fingerprint density at radius 2 is 1.80 bits per heavy atom. The molecule has 20 heavy (non-hydrogen) atoms. The zero-order valence-electron chi connectivity index (χ0n) is 13.2. The number of nitrogens with zero attached hydrogens (tertiary/aromatic N) is 1. The molecular weight excluding hydrogens is 250 g/mol. The number of hydrogen-bond acceptors (Lipinski definition) is 2. The van der Waals surface area contributed by atoms with Gasteiger partial charge < -0.3 is 0 Å². The minimum absolute atomic E-state index is 0.0956. The van der Waals surface area contributed by atoms with Crippen molar-refractivity contribution in [3.63, 3.8) is 0 Å². The Morgan fingerprint density at radius 1 is 1.15 bits per heavy atom. The molecule has 0 aliphatic rings. The molecule has 0 saturated heterocycles. The van der Waals surface area contributed by atoms with E-state index in [0.29, 0.717) is 19.4 Å². The highest BCUT2D eigenvalue weighted by atomic mass is 16.2. The van der Waals surface area contributed by atoms with Gasteiger partial charge in [-0.25, -0.2) is 0 Å². The molecule has 0 bridgehead atoms. The van der Waals surface area contributed by atoms with E-state index in [1.807, 2.05) is 32.9 Å². The van der Waals surface area contributed by atoms with Gasteiger partial charge in [0.2, 0.25) is 12.3 Å². The number of amides is 2. The fourth-order valence-electron chi connectivity index (χ4n) is 1.58. The largest absolute Gasteiger partial charge is 0.281 e. The Balaban J connectivity index is 4.52. The van der Waals surface area contributed by atoms with E-state index in [0.717, 1.165) is 36.0 Å². The van der Waals surface area contributed by atoms with Crippen LogP contribution in [0.4, 0.5) is 0 Å². The molecule has 112 valence electrons. The summed E-state index contributed by atoms with van der Waals surface area (Å²) >= 11 is 0. The summed E-state index contributed by atoms with van der Waals surface area (Å²) < 4.78 is 0. The third kappa shape index (κ3) is 7.72. The molecule has 3 heteroatoms. The van der Waals surface area contributed by atoms with Gasteiger partial charge in [-0.2, -0.15) is 0 Å². The average molecular weight is 277 g/mol. The van der Waals surface area contributed by atoms with Crippen molar-refractivity contribution >= 4 is 12.3 Å². The van der Waals surface area contributed by atoms with Gasteiger partial charge in [0.25, 0.3) is 0 Å². The summed E-state index contributed by atoms with van der Waals surface area (Å²) in [6.45, 7) is 12.2. The van der Waals surface area contributed by atoms with E-state index >= 15 is 0 Å². The molecule has 0 heterocycles. The molecule has 0 spiro atoms. The lowest BCUT2D eigenvalue weighted by Gasteiger charge is -2.15. The molecule has 0 atom stereocenters. The van der Waals surface area contributed by atoms with E-state index in [4.69, 9.17) is 0 Å². The molecule has 0 unspecified atom stereocenters. The van der Waals surface area contributed by atoms with Crippen LogP contribution in [-0.2, 0) is 9.59 Å². The van der Waals surface area contributed by atoms with Crippen molar-refractivity contribution in [3.05, 3.63) is 35.5 Å². The van der Waals surface area contributed by atoms with Crippen LogP contribution in [0.1, 0.15) is 53.4 Å². The van der Waals surface area contributed by atoms with Crippen LogP contribution in [0.25, 0.3) is 0 Å². The van der Waals surface area contributed by atoms with Gasteiger partial charge in [0.1, 0.15) is 0 Å². The van der Waals surface area contributed by atoms with Gasteiger partial charge in [0, 0.05) is 13.0 Å². The highest BCUT2D eigenvalue weighted by Gasteiger charge is 2.11. The maximum absolute atomic E-state index is 11.9. The second kappa shape index (κ2) is 10.2. The first-order valence-corrected chi connectivity index (χ1v) is 7.17. The number of unbranched alkanes of at least 4 members (excludes halogenated alkanes) is 2. The monoisotopic (exact) mass is 277 g/mol. The van der Waals surface area contributed by atoms with E-state index in [9.17, 15) is 9.59 Å². The molecule has 0 aromatic heterocycles. The lowest BCUT2D eigenvalue weighted by molar-refractivity contribution is -0.137. The average Bonchev–Trinajstić information content (AvgIpc) is 2.41. The molecule has 0 aromatic carbocycles. The number of carbonyl (C=O) groups excluding carboxylic acids is 2. The first-order valence-electron chi connectivity index (χ1n) is 7.17. The topological polar surface area (TPSA) is 37.4 Å². The first-order chi connectivity index (χ1) is 9.42. The lowest BCUT2D eigenvalue weighted by atomic mass is 10.1. The maximum Gasteiger partial charge on any atom is 0.229 e. The molecule has 0 aliphatic heterocycles. The number of hydrogen-bond donors (Lipinski definition) is 0. The fraction of sp³-hybridized carbons (Fsp3) is 0.529. The second-order valence-corrected chi connectivity index (χ2v) is 5.23. The maximum atomic E-state index is 11.9. The summed E-state index contributed by atoms with van der Waals surface area (Å²) in [6, 6.07) is 0. The van der Waals surface area contributed by atoms with E-state index < -0.39 is 0 Å². The fourth-order valence-corrected chi connectivity index (χ4v) is 1.58. The zero-order valence-corrected chi connectivity index (χ0v) is 13.2. The van der Waals surface area contributed by atoms with Crippen LogP contribution in [0.5, 0.6) is 0 Å². The van der Waals surface area contributed by atoms with Crippen LogP contribution in [0.3, 0.4) is 0 Å². The lowest BCUT2D eigenvalue weighted by Crippen LogP contribution is -2.30. The molecule has 0 aromatic rings. The Kier molecular flexibility index (Phi) is 9.35. The van der Waals surface area contributed by atoms with Crippen molar-refractivity contribution in [1.29, 1.82) is 0 Å². The molecule has 0 saturated carbocycles. The van der Waals surface area contributed by atoms with Crippen molar-refractivity contribution in [1.82, 2.24) is 4.90 Å². The van der Waals surface area contributed by atoms with E-state index in [1.165, 1.54) is 4.90 Å². The third-order valence-electron chi connectivity index (χ3n) is 3.15. The molecule has 0 fully saturated rings. The smallest absolute Gasteiger partial charge is 0.229 e. The summed E-state index contributed by atoms with van der Waals surface area (Å²) in [6.07, 6.45) is 7.90. The molecular formula is C17H27NO2. The number of rotatable bonds is 9. The van der Waals surface area contributed by atoms with Gasteiger partial charge in [-0.1, -0.05) is 49.6 Å². The molecule has 3 nitrogen and oxygen atoms in total. The molecule has 0 rings (SSSR count). The summed E-state index contributed by atoms with van der Waals surface area (Å²) in [5, 5.41) is 0. The van der Waals surface area contributed by atoms with Crippen molar-refractivity contribution in [3.8, 4) is 0 Å². The number of carbonyl (C=O) groups is 2. The normalized spacial score (nSPS) is 12.2. The summed E-state index contributed by atoms with van der Waals surface area (Å²) in [4.78, 5) is 24.1.